The van der Waals surface area contributed by atoms with E-state index in [-0.39, 0.29) is 0 Å². The molecule has 6 heteroatoms. The number of hydrogen-bond donors (Lipinski definition) is 0. The summed E-state index contributed by atoms with van der Waals surface area (Å²) in [6.45, 7) is 6.35. The quantitative estimate of drug-likeness (QED) is 0.501. The Morgan fingerprint density at radius 1 is 1.21 bits per heavy atom. The fourth-order valence-electron chi connectivity index (χ4n) is 3.62. The van der Waals surface area contributed by atoms with E-state index in [0.717, 1.165) is 24.1 Å². The first-order chi connectivity index (χ1) is 13.4. The minimum atomic E-state index is -0.449. The fraction of sp³-hybridized carbons (Fsp3) is 0.364. The molecule has 0 amide bonds. The third kappa shape index (κ3) is 3.47. The zero-order chi connectivity index (χ0) is 20.4. The summed E-state index contributed by atoms with van der Waals surface area (Å²) >= 11 is 6.48. The summed E-state index contributed by atoms with van der Waals surface area (Å²) in [7, 11) is 2.96. The Morgan fingerprint density at radius 2 is 1.93 bits per heavy atom. The smallest absolute Gasteiger partial charge is 0.357 e. The van der Waals surface area contributed by atoms with E-state index in [1.807, 2.05) is 23.6 Å². The number of benzene rings is 1. The Balaban J connectivity index is 2.32. The molecule has 0 aliphatic rings. The highest BCUT2D eigenvalue weighted by atomic mass is 35.5. The molecule has 0 fully saturated rings. The highest BCUT2D eigenvalue weighted by Crippen LogP contribution is 2.35. The second-order valence-electron chi connectivity index (χ2n) is 6.81. The summed E-state index contributed by atoms with van der Waals surface area (Å²) in [4.78, 5) is 17.5. The van der Waals surface area contributed by atoms with Crippen LogP contribution >= 0.6 is 11.6 Å². The predicted molar refractivity (Wildman–Crippen MR) is 112 cm³/mol. The Hall–Kier alpha value is -2.53. The maximum absolute atomic E-state index is 12.7. The first-order valence-electron chi connectivity index (χ1n) is 9.39. The second-order valence-corrected chi connectivity index (χ2v) is 7.22. The summed E-state index contributed by atoms with van der Waals surface area (Å²) in [5.41, 5.74) is 4.45. The van der Waals surface area contributed by atoms with E-state index in [2.05, 4.69) is 19.9 Å². The number of nitrogens with zero attached hydrogens (tertiary/aromatic N) is 2. The van der Waals surface area contributed by atoms with E-state index in [0.29, 0.717) is 33.6 Å². The Kier molecular flexibility index (Phi) is 5.94. The number of fused-ring (bicyclic) bond motifs is 1. The van der Waals surface area contributed by atoms with Crippen molar-refractivity contribution < 1.29 is 14.3 Å². The van der Waals surface area contributed by atoms with E-state index >= 15 is 0 Å². The molecule has 0 bridgehead atoms. The van der Waals surface area contributed by atoms with Crippen LogP contribution in [0.1, 0.15) is 54.2 Å². The zero-order valence-corrected chi connectivity index (χ0v) is 17.6. The number of methoxy groups -OCH3 is 2. The van der Waals surface area contributed by atoms with Crippen LogP contribution in [0.4, 0.5) is 0 Å². The molecule has 0 aliphatic heterocycles. The van der Waals surface area contributed by atoms with Gasteiger partial charge in [0.25, 0.3) is 0 Å². The van der Waals surface area contributed by atoms with Crippen molar-refractivity contribution in [3.8, 4) is 17.0 Å². The molecule has 5 nitrogen and oxygen atoms in total. The molecule has 0 N–H and O–H groups in total. The van der Waals surface area contributed by atoms with Crippen LogP contribution in [-0.4, -0.2) is 29.6 Å². The van der Waals surface area contributed by atoms with Gasteiger partial charge in [0.05, 0.1) is 19.2 Å². The predicted octanol–water partition coefficient (Wildman–Crippen LogP) is 5.66. The molecule has 0 aliphatic carbocycles. The van der Waals surface area contributed by atoms with E-state index in [1.165, 1.54) is 12.7 Å². The zero-order valence-electron chi connectivity index (χ0n) is 16.9. The van der Waals surface area contributed by atoms with Gasteiger partial charge in [-0.3, -0.25) is 4.40 Å². The van der Waals surface area contributed by atoms with Crippen LogP contribution in [0.25, 0.3) is 16.9 Å². The lowest BCUT2D eigenvalue weighted by molar-refractivity contribution is 0.0594. The van der Waals surface area contributed by atoms with Crippen LogP contribution in [0.2, 0.25) is 5.02 Å². The molecular formula is C22H25ClN2O3. The molecule has 0 spiro atoms. The Bertz CT molecular complexity index is 1020. The van der Waals surface area contributed by atoms with Crippen LogP contribution in [0, 0.1) is 6.92 Å². The van der Waals surface area contributed by atoms with Crippen molar-refractivity contribution in [1.29, 1.82) is 0 Å². The third-order valence-electron chi connectivity index (χ3n) is 5.19. The van der Waals surface area contributed by atoms with Crippen molar-refractivity contribution >= 4 is 23.2 Å². The number of halogens is 1. The monoisotopic (exact) mass is 400 g/mol. The number of pyridine rings is 1. The largest absolute Gasteiger partial charge is 0.497 e. The second kappa shape index (κ2) is 8.23. The lowest BCUT2D eigenvalue weighted by Crippen LogP contribution is -2.09. The molecule has 0 saturated heterocycles. The number of ether oxygens (including phenoxy) is 2. The van der Waals surface area contributed by atoms with Crippen molar-refractivity contribution in [2.24, 2.45) is 0 Å². The van der Waals surface area contributed by atoms with Crippen molar-refractivity contribution in [3.05, 3.63) is 52.3 Å². The molecular weight excluding hydrogens is 376 g/mol. The van der Waals surface area contributed by atoms with Gasteiger partial charge < -0.3 is 9.47 Å². The number of rotatable bonds is 6. The summed E-state index contributed by atoms with van der Waals surface area (Å²) in [6, 6.07) is 7.48. The van der Waals surface area contributed by atoms with Crippen molar-refractivity contribution in [1.82, 2.24) is 9.38 Å². The van der Waals surface area contributed by atoms with Crippen LogP contribution < -0.4 is 4.74 Å². The number of esters is 1. The number of carbonyl (C=O) groups is 1. The fourth-order valence-corrected chi connectivity index (χ4v) is 3.88. The molecule has 0 unspecified atom stereocenters. The van der Waals surface area contributed by atoms with Gasteiger partial charge in [-0.1, -0.05) is 31.5 Å². The van der Waals surface area contributed by atoms with Crippen molar-refractivity contribution in [2.45, 2.75) is 39.5 Å². The topological polar surface area (TPSA) is 52.8 Å². The van der Waals surface area contributed by atoms with Crippen LogP contribution in [-0.2, 0) is 4.74 Å². The first kappa shape index (κ1) is 20.2. The average Bonchev–Trinajstić information content (AvgIpc) is 3.08. The highest BCUT2D eigenvalue weighted by Gasteiger charge is 2.25. The summed E-state index contributed by atoms with van der Waals surface area (Å²) in [5.74, 6) is 0.615. The van der Waals surface area contributed by atoms with Crippen LogP contribution in [0.15, 0.2) is 30.5 Å². The summed E-state index contributed by atoms with van der Waals surface area (Å²) in [5, 5.41) is 0.464. The van der Waals surface area contributed by atoms with Gasteiger partial charge in [0.2, 0.25) is 0 Å². The van der Waals surface area contributed by atoms with Gasteiger partial charge in [-0.2, -0.15) is 0 Å². The molecule has 148 valence electrons. The van der Waals surface area contributed by atoms with Crippen molar-refractivity contribution in [2.75, 3.05) is 14.2 Å². The lowest BCUT2D eigenvalue weighted by atomic mass is 9.94. The molecule has 0 radical (unpaired) electrons. The summed E-state index contributed by atoms with van der Waals surface area (Å²) < 4.78 is 12.1. The lowest BCUT2D eigenvalue weighted by Gasteiger charge is -2.15. The van der Waals surface area contributed by atoms with Gasteiger partial charge in [-0.15, -0.1) is 0 Å². The van der Waals surface area contributed by atoms with Gasteiger partial charge in [0.1, 0.15) is 17.1 Å². The minimum absolute atomic E-state index is 0.375. The van der Waals surface area contributed by atoms with E-state index in [4.69, 9.17) is 26.1 Å². The summed E-state index contributed by atoms with van der Waals surface area (Å²) in [6.07, 6.45) is 4.06. The van der Waals surface area contributed by atoms with E-state index in [9.17, 15) is 4.79 Å². The standard InChI is InChI=1S/C22H25ClN2O3/c1-6-14(7-2)15-10-13(3)21-24-19(20(22(26)28-5)25(21)12-15)17-9-8-16(27-4)11-18(17)23/h8-12,14H,6-7H2,1-5H3. The number of aromatic nitrogens is 2. The average molecular weight is 401 g/mol. The molecule has 0 saturated carbocycles. The Morgan fingerprint density at radius 3 is 2.50 bits per heavy atom. The highest BCUT2D eigenvalue weighted by molar-refractivity contribution is 6.33. The third-order valence-corrected chi connectivity index (χ3v) is 5.50. The number of carbonyl (C=O) groups excluding carboxylic acids is 1. The van der Waals surface area contributed by atoms with Gasteiger partial charge in [0.15, 0.2) is 5.69 Å². The first-order valence-corrected chi connectivity index (χ1v) is 9.77. The molecule has 28 heavy (non-hydrogen) atoms. The normalized spacial score (nSPS) is 11.2. The number of imidazole rings is 1. The molecule has 3 aromatic rings. The minimum Gasteiger partial charge on any atom is -0.497 e. The molecule has 1 aromatic carbocycles. The van der Waals surface area contributed by atoms with Crippen LogP contribution in [0.3, 0.4) is 0 Å². The Labute approximate surface area is 170 Å². The van der Waals surface area contributed by atoms with Crippen molar-refractivity contribution in [3.63, 3.8) is 0 Å². The number of hydrogen-bond acceptors (Lipinski definition) is 4. The van der Waals surface area contributed by atoms with Crippen LogP contribution in [0.5, 0.6) is 5.75 Å². The molecule has 0 atom stereocenters. The number of aryl methyl sites for hydroxylation is 1. The van der Waals surface area contributed by atoms with Gasteiger partial charge >= 0.3 is 5.97 Å². The van der Waals surface area contributed by atoms with Gasteiger partial charge in [0, 0.05) is 11.8 Å². The SMILES string of the molecule is CCC(CC)c1cc(C)c2nc(-c3ccc(OC)cc3Cl)c(C(=O)OC)n2c1. The van der Waals surface area contributed by atoms with Gasteiger partial charge in [-0.25, -0.2) is 9.78 Å². The van der Waals surface area contributed by atoms with E-state index < -0.39 is 5.97 Å². The maximum Gasteiger partial charge on any atom is 0.357 e. The van der Waals surface area contributed by atoms with E-state index in [1.54, 1.807) is 19.2 Å². The van der Waals surface area contributed by atoms with Gasteiger partial charge in [-0.05, 0) is 55.0 Å². The molecule has 2 aromatic heterocycles. The molecule has 3 rings (SSSR count). The maximum atomic E-state index is 12.7. The molecule has 2 heterocycles.